The molecule has 2 atom stereocenters. The molecule has 0 aromatic heterocycles. The zero-order chi connectivity index (χ0) is 9.56. The molecule has 0 aromatic carbocycles. The van der Waals surface area contributed by atoms with Crippen LogP contribution in [0.2, 0.25) is 0 Å². The predicted octanol–water partition coefficient (Wildman–Crippen LogP) is 1.12. The van der Waals surface area contributed by atoms with E-state index in [1.165, 1.54) is 0 Å². The molecule has 0 heterocycles. The van der Waals surface area contributed by atoms with Crippen LogP contribution >= 0.6 is 0 Å². The monoisotopic (exact) mass is 172 g/mol. The fourth-order valence-corrected chi connectivity index (χ4v) is 0.919. The lowest BCUT2D eigenvalue weighted by Crippen LogP contribution is -2.27. The SMILES string of the molecule is C=CC[C@@H](C(=O)OCC)[C@H](C)O. The number of aliphatic hydroxyl groups excluding tert-OH is 1. The first-order valence-electron chi connectivity index (χ1n) is 4.09. The van der Waals surface area contributed by atoms with E-state index in [-0.39, 0.29) is 5.97 Å². The highest BCUT2D eigenvalue weighted by Gasteiger charge is 2.22. The van der Waals surface area contributed by atoms with Crippen molar-refractivity contribution in [1.29, 1.82) is 0 Å². The van der Waals surface area contributed by atoms with Crippen molar-refractivity contribution in [2.45, 2.75) is 26.4 Å². The highest BCUT2D eigenvalue weighted by molar-refractivity contribution is 5.73. The molecule has 1 N–H and O–H groups in total. The van der Waals surface area contributed by atoms with Gasteiger partial charge in [0.05, 0.1) is 18.6 Å². The van der Waals surface area contributed by atoms with Crippen LogP contribution in [0.1, 0.15) is 20.3 Å². The molecule has 3 heteroatoms. The molecular weight excluding hydrogens is 156 g/mol. The Kier molecular flexibility index (Phi) is 5.37. The first kappa shape index (κ1) is 11.2. The molecule has 0 amide bonds. The molecule has 12 heavy (non-hydrogen) atoms. The van der Waals surface area contributed by atoms with E-state index in [4.69, 9.17) is 4.74 Å². The van der Waals surface area contributed by atoms with E-state index in [0.29, 0.717) is 13.0 Å². The molecule has 0 fully saturated rings. The molecule has 0 aliphatic rings. The summed E-state index contributed by atoms with van der Waals surface area (Å²) < 4.78 is 4.77. The number of carbonyl (C=O) groups excluding carboxylic acids is 1. The third-order valence-electron chi connectivity index (χ3n) is 1.59. The molecule has 3 nitrogen and oxygen atoms in total. The Bertz CT molecular complexity index is 152. The lowest BCUT2D eigenvalue weighted by atomic mass is 10.0. The zero-order valence-corrected chi connectivity index (χ0v) is 7.62. The summed E-state index contributed by atoms with van der Waals surface area (Å²) in [6, 6.07) is 0. The minimum absolute atomic E-state index is 0.346. The van der Waals surface area contributed by atoms with Crippen LogP contribution in [0, 0.1) is 5.92 Å². The third kappa shape index (κ3) is 3.53. The maximum absolute atomic E-state index is 11.1. The van der Waals surface area contributed by atoms with Gasteiger partial charge in [0.2, 0.25) is 0 Å². The van der Waals surface area contributed by atoms with Gasteiger partial charge in [-0.15, -0.1) is 6.58 Å². The molecule has 0 radical (unpaired) electrons. The second-order valence-corrected chi connectivity index (χ2v) is 2.62. The molecule has 0 saturated carbocycles. The number of rotatable bonds is 5. The van der Waals surface area contributed by atoms with Gasteiger partial charge in [-0.25, -0.2) is 0 Å². The number of carbonyl (C=O) groups is 1. The van der Waals surface area contributed by atoms with Gasteiger partial charge in [0.25, 0.3) is 0 Å². The fourth-order valence-electron chi connectivity index (χ4n) is 0.919. The van der Waals surface area contributed by atoms with Crippen LogP contribution in [0.4, 0.5) is 0 Å². The first-order chi connectivity index (χ1) is 5.63. The van der Waals surface area contributed by atoms with Crippen molar-refractivity contribution in [2.24, 2.45) is 5.92 Å². The van der Waals surface area contributed by atoms with Gasteiger partial charge in [0.15, 0.2) is 0 Å². The minimum atomic E-state index is -0.679. The molecule has 0 unspecified atom stereocenters. The van der Waals surface area contributed by atoms with E-state index in [1.807, 2.05) is 0 Å². The van der Waals surface area contributed by atoms with Crippen molar-refractivity contribution in [3.05, 3.63) is 12.7 Å². The van der Waals surface area contributed by atoms with E-state index >= 15 is 0 Å². The second kappa shape index (κ2) is 5.77. The van der Waals surface area contributed by atoms with Gasteiger partial charge in [-0.1, -0.05) is 6.08 Å². The summed E-state index contributed by atoms with van der Waals surface area (Å²) in [4.78, 5) is 11.1. The van der Waals surface area contributed by atoms with Crippen molar-refractivity contribution in [2.75, 3.05) is 6.61 Å². The predicted molar refractivity (Wildman–Crippen MR) is 46.6 cm³/mol. The summed E-state index contributed by atoms with van der Waals surface area (Å²) in [5.41, 5.74) is 0. The van der Waals surface area contributed by atoms with Crippen LogP contribution in [-0.2, 0) is 9.53 Å². The molecule has 70 valence electrons. The van der Waals surface area contributed by atoms with E-state index < -0.39 is 12.0 Å². The Morgan fingerprint density at radius 2 is 2.33 bits per heavy atom. The number of ether oxygens (including phenoxy) is 1. The smallest absolute Gasteiger partial charge is 0.311 e. The number of allylic oxidation sites excluding steroid dienone is 1. The standard InChI is InChI=1S/C9H16O3/c1-4-6-8(7(3)10)9(11)12-5-2/h4,7-8,10H,1,5-6H2,2-3H3/t7-,8+/m0/s1. The quantitative estimate of drug-likeness (QED) is 0.499. The zero-order valence-electron chi connectivity index (χ0n) is 7.62. The van der Waals surface area contributed by atoms with Gasteiger partial charge in [-0.3, -0.25) is 4.79 Å². The van der Waals surface area contributed by atoms with Crippen LogP contribution < -0.4 is 0 Å². The summed E-state index contributed by atoms with van der Waals surface area (Å²) >= 11 is 0. The maximum atomic E-state index is 11.1. The first-order valence-corrected chi connectivity index (χ1v) is 4.09. The number of esters is 1. The van der Waals surface area contributed by atoms with E-state index in [1.54, 1.807) is 19.9 Å². The summed E-state index contributed by atoms with van der Waals surface area (Å²) in [5.74, 6) is -0.824. The van der Waals surface area contributed by atoms with Gasteiger partial charge in [-0.2, -0.15) is 0 Å². The van der Waals surface area contributed by atoms with Crippen molar-refractivity contribution < 1.29 is 14.6 Å². The Hall–Kier alpha value is -0.830. The normalized spacial score (nSPS) is 14.9. The average molecular weight is 172 g/mol. The summed E-state index contributed by atoms with van der Waals surface area (Å²) in [5, 5.41) is 9.19. The maximum Gasteiger partial charge on any atom is 0.311 e. The molecule has 0 rings (SSSR count). The van der Waals surface area contributed by atoms with E-state index in [9.17, 15) is 9.90 Å². The lowest BCUT2D eigenvalue weighted by molar-refractivity contribution is -0.151. The van der Waals surface area contributed by atoms with Crippen LogP contribution in [0.15, 0.2) is 12.7 Å². The number of hydrogen-bond acceptors (Lipinski definition) is 3. The molecule has 0 bridgehead atoms. The molecule has 0 spiro atoms. The molecule has 0 aliphatic heterocycles. The van der Waals surface area contributed by atoms with Gasteiger partial charge < -0.3 is 9.84 Å². The lowest BCUT2D eigenvalue weighted by Gasteiger charge is -2.15. The van der Waals surface area contributed by atoms with Crippen molar-refractivity contribution in [3.8, 4) is 0 Å². The highest BCUT2D eigenvalue weighted by Crippen LogP contribution is 2.11. The Labute approximate surface area is 73.0 Å². The van der Waals surface area contributed by atoms with Gasteiger partial charge in [0, 0.05) is 0 Å². The van der Waals surface area contributed by atoms with Crippen LogP contribution in [-0.4, -0.2) is 23.8 Å². The number of aliphatic hydroxyl groups is 1. The van der Waals surface area contributed by atoms with Gasteiger partial charge >= 0.3 is 5.97 Å². The van der Waals surface area contributed by atoms with Crippen molar-refractivity contribution >= 4 is 5.97 Å². The summed E-state index contributed by atoms with van der Waals surface area (Å²) in [7, 11) is 0. The molecule has 0 aromatic rings. The molecular formula is C9H16O3. The van der Waals surface area contributed by atoms with Crippen LogP contribution in [0.5, 0.6) is 0 Å². The Balaban J connectivity index is 4.08. The van der Waals surface area contributed by atoms with Gasteiger partial charge in [-0.05, 0) is 20.3 Å². The van der Waals surface area contributed by atoms with E-state index in [0.717, 1.165) is 0 Å². The highest BCUT2D eigenvalue weighted by atomic mass is 16.5. The minimum Gasteiger partial charge on any atom is -0.466 e. The van der Waals surface area contributed by atoms with E-state index in [2.05, 4.69) is 6.58 Å². The topological polar surface area (TPSA) is 46.5 Å². The number of hydrogen-bond donors (Lipinski definition) is 1. The van der Waals surface area contributed by atoms with Gasteiger partial charge in [0.1, 0.15) is 0 Å². The molecule has 0 aliphatic carbocycles. The average Bonchev–Trinajstić information content (AvgIpc) is 1.99. The van der Waals surface area contributed by atoms with Crippen molar-refractivity contribution in [3.63, 3.8) is 0 Å². The summed E-state index contributed by atoms with van der Waals surface area (Å²) in [6.45, 7) is 7.17. The van der Waals surface area contributed by atoms with Crippen molar-refractivity contribution in [1.82, 2.24) is 0 Å². The fraction of sp³-hybridized carbons (Fsp3) is 0.667. The Morgan fingerprint density at radius 1 is 1.75 bits per heavy atom. The third-order valence-corrected chi connectivity index (χ3v) is 1.59. The van der Waals surface area contributed by atoms with Crippen LogP contribution in [0.25, 0.3) is 0 Å². The van der Waals surface area contributed by atoms with Crippen LogP contribution in [0.3, 0.4) is 0 Å². The Morgan fingerprint density at radius 3 is 2.67 bits per heavy atom. The largest absolute Gasteiger partial charge is 0.466 e. The summed E-state index contributed by atoms with van der Waals surface area (Å²) in [6.07, 6.45) is 1.38. The molecule has 0 saturated heterocycles. The second-order valence-electron chi connectivity index (χ2n) is 2.62.